The van der Waals surface area contributed by atoms with E-state index in [1.165, 1.54) is 4.68 Å². The molecule has 90 valence electrons. The number of benzene rings is 1. The highest BCUT2D eigenvalue weighted by molar-refractivity contribution is 5.99. The molecule has 3 rings (SSSR count). The van der Waals surface area contributed by atoms with Crippen molar-refractivity contribution in [3.63, 3.8) is 0 Å². The lowest BCUT2D eigenvalue weighted by Crippen LogP contribution is -2.16. The van der Waals surface area contributed by atoms with E-state index in [1.807, 2.05) is 0 Å². The minimum Gasteiger partial charge on any atom is -0.383 e. The first-order valence-electron chi connectivity index (χ1n) is 5.32. The van der Waals surface area contributed by atoms with Gasteiger partial charge in [-0.3, -0.25) is 4.79 Å². The summed E-state index contributed by atoms with van der Waals surface area (Å²) >= 11 is 0. The van der Waals surface area contributed by atoms with Crippen molar-refractivity contribution in [2.24, 2.45) is 0 Å². The van der Waals surface area contributed by atoms with Crippen molar-refractivity contribution in [1.29, 1.82) is 0 Å². The molecule has 2 heterocycles. The van der Waals surface area contributed by atoms with Crippen LogP contribution < -0.4 is 5.73 Å². The number of hydrogen-bond donors (Lipinski definition) is 2. The number of carbonyl (C=O) groups excluding carboxylic acids is 1. The lowest BCUT2D eigenvalue weighted by Gasteiger charge is -2.02. The molecule has 2 aromatic heterocycles. The second kappa shape index (κ2) is 3.66. The van der Waals surface area contributed by atoms with Gasteiger partial charge in [0.15, 0.2) is 0 Å². The molecule has 3 N–H and O–H groups in total. The Hall–Kier alpha value is -2.70. The highest BCUT2D eigenvalue weighted by Gasteiger charge is 2.14. The molecule has 7 nitrogen and oxygen atoms in total. The molecule has 0 fully saturated rings. The molecule has 0 bridgehead atoms. The highest BCUT2D eigenvalue weighted by Crippen LogP contribution is 2.14. The van der Waals surface area contributed by atoms with Crippen LogP contribution in [-0.4, -0.2) is 31.1 Å². The largest absolute Gasteiger partial charge is 0.383 e. The Labute approximate surface area is 102 Å². The van der Waals surface area contributed by atoms with Crippen LogP contribution in [0.2, 0.25) is 0 Å². The Bertz CT molecular complexity index is 741. The van der Waals surface area contributed by atoms with Gasteiger partial charge in [-0.15, -0.1) is 0 Å². The SMILES string of the molecule is Cc1cc(N)n(C(=O)c2ccc3n[nH]nc3c2)n1. The zero-order valence-corrected chi connectivity index (χ0v) is 9.58. The van der Waals surface area contributed by atoms with Crippen molar-refractivity contribution in [2.45, 2.75) is 6.92 Å². The third kappa shape index (κ3) is 1.53. The standard InChI is InChI=1S/C11H10N6O/c1-6-4-10(12)17(15-6)11(18)7-2-3-8-9(5-7)14-16-13-8/h2-5H,12H2,1H3,(H,13,14,16). The summed E-state index contributed by atoms with van der Waals surface area (Å²) in [6.07, 6.45) is 0. The molecule has 0 atom stereocenters. The average molecular weight is 242 g/mol. The average Bonchev–Trinajstić information content (AvgIpc) is 2.93. The number of nitrogens with zero attached hydrogens (tertiary/aromatic N) is 4. The third-order valence-electron chi connectivity index (χ3n) is 2.61. The number of H-pyrrole nitrogens is 1. The van der Waals surface area contributed by atoms with Crippen LogP contribution in [0.4, 0.5) is 5.82 Å². The zero-order valence-electron chi connectivity index (χ0n) is 9.58. The monoisotopic (exact) mass is 242 g/mol. The maximum Gasteiger partial charge on any atom is 0.280 e. The normalized spacial score (nSPS) is 10.9. The van der Waals surface area contributed by atoms with Gasteiger partial charge in [-0.05, 0) is 25.1 Å². The van der Waals surface area contributed by atoms with Crippen LogP contribution in [0, 0.1) is 6.92 Å². The van der Waals surface area contributed by atoms with Crippen LogP contribution in [0.25, 0.3) is 11.0 Å². The number of nitrogens with two attached hydrogens (primary N) is 1. The van der Waals surface area contributed by atoms with Crippen molar-refractivity contribution < 1.29 is 4.79 Å². The maximum absolute atomic E-state index is 12.2. The van der Waals surface area contributed by atoms with Crippen molar-refractivity contribution in [3.8, 4) is 0 Å². The van der Waals surface area contributed by atoms with Crippen LogP contribution in [0.15, 0.2) is 24.3 Å². The molecule has 7 heteroatoms. The molecule has 0 unspecified atom stereocenters. The molecule has 3 aromatic rings. The number of rotatable bonds is 1. The first-order valence-corrected chi connectivity index (χ1v) is 5.32. The van der Waals surface area contributed by atoms with E-state index in [0.29, 0.717) is 28.1 Å². The molecular formula is C11H10N6O. The van der Waals surface area contributed by atoms with Gasteiger partial charge in [0, 0.05) is 11.6 Å². The number of carbonyl (C=O) groups is 1. The molecule has 0 spiro atoms. The van der Waals surface area contributed by atoms with Gasteiger partial charge in [0.2, 0.25) is 0 Å². The maximum atomic E-state index is 12.2. The Kier molecular flexibility index (Phi) is 2.12. The van der Waals surface area contributed by atoms with Crippen molar-refractivity contribution in [2.75, 3.05) is 5.73 Å². The van der Waals surface area contributed by atoms with E-state index < -0.39 is 0 Å². The number of fused-ring (bicyclic) bond motifs is 1. The first-order chi connectivity index (χ1) is 8.65. The van der Waals surface area contributed by atoms with E-state index in [-0.39, 0.29) is 5.91 Å². The number of nitrogens with one attached hydrogen (secondary N) is 1. The second-order valence-corrected chi connectivity index (χ2v) is 3.95. The van der Waals surface area contributed by atoms with Crippen molar-refractivity contribution >= 4 is 22.8 Å². The van der Waals surface area contributed by atoms with Gasteiger partial charge in [0.05, 0.1) is 5.69 Å². The van der Waals surface area contributed by atoms with Crippen LogP contribution >= 0.6 is 0 Å². The predicted octanol–water partition coefficient (Wildman–Crippen LogP) is 0.734. The van der Waals surface area contributed by atoms with E-state index in [9.17, 15) is 4.79 Å². The quantitative estimate of drug-likeness (QED) is 0.655. The third-order valence-corrected chi connectivity index (χ3v) is 2.61. The molecule has 0 aliphatic heterocycles. The summed E-state index contributed by atoms with van der Waals surface area (Å²) in [5, 5.41) is 14.4. The molecule has 18 heavy (non-hydrogen) atoms. The minimum atomic E-state index is -0.287. The Morgan fingerprint density at radius 1 is 1.28 bits per heavy atom. The van der Waals surface area contributed by atoms with Gasteiger partial charge < -0.3 is 5.73 Å². The summed E-state index contributed by atoms with van der Waals surface area (Å²) in [5.41, 5.74) is 8.21. The van der Waals surface area contributed by atoms with E-state index in [2.05, 4.69) is 20.5 Å². The lowest BCUT2D eigenvalue weighted by molar-refractivity contribution is 0.0947. The molecule has 0 saturated carbocycles. The highest BCUT2D eigenvalue weighted by atomic mass is 16.2. The van der Waals surface area contributed by atoms with Crippen molar-refractivity contribution in [3.05, 3.63) is 35.5 Å². The van der Waals surface area contributed by atoms with Crippen LogP contribution in [0.5, 0.6) is 0 Å². The first kappa shape index (κ1) is 10.5. The predicted molar refractivity (Wildman–Crippen MR) is 65.0 cm³/mol. The molecule has 0 saturated heterocycles. The molecular weight excluding hydrogens is 232 g/mol. The number of aryl methyl sites for hydroxylation is 1. The number of hydrogen-bond acceptors (Lipinski definition) is 5. The van der Waals surface area contributed by atoms with Crippen molar-refractivity contribution in [1.82, 2.24) is 25.2 Å². The molecule has 0 aliphatic rings. The summed E-state index contributed by atoms with van der Waals surface area (Å²) in [5.74, 6) is 0.0308. The molecule has 0 aliphatic carbocycles. The van der Waals surface area contributed by atoms with E-state index >= 15 is 0 Å². The summed E-state index contributed by atoms with van der Waals surface area (Å²) in [6, 6.07) is 6.69. The zero-order chi connectivity index (χ0) is 12.7. The molecule has 0 radical (unpaired) electrons. The van der Waals surface area contributed by atoms with E-state index in [0.717, 1.165) is 0 Å². The fourth-order valence-electron chi connectivity index (χ4n) is 1.78. The summed E-state index contributed by atoms with van der Waals surface area (Å²) < 4.78 is 1.18. The summed E-state index contributed by atoms with van der Waals surface area (Å²) in [6.45, 7) is 1.78. The number of aromatic amines is 1. The lowest BCUT2D eigenvalue weighted by atomic mass is 10.2. The van der Waals surface area contributed by atoms with E-state index in [4.69, 9.17) is 5.73 Å². The van der Waals surface area contributed by atoms with Gasteiger partial charge in [-0.1, -0.05) is 0 Å². The van der Waals surface area contributed by atoms with Gasteiger partial charge in [0.1, 0.15) is 16.9 Å². The Morgan fingerprint density at radius 3 is 2.78 bits per heavy atom. The molecule has 0 amide bonds. The van der Waals surface area contributed by atoms with Crippen LogP contribution in [0.3, 0.4) is 0 Å². The van der Waals surface area contributed by atoms with Crippen LogP contribution in [0.1, 0.15) is 16.1 Å². The minimum absolute atomic E-state index is 0.287. The van der Waals surface area contributed by atoms with Gasteiger partial charge in [-0.2, -0.15) is 25.2 Å². The smallest absolute Gasteiger partial charge is 0.280 e. The van der Waals surface area contributed by atoms with E-state index in [1.54, 1.807) is 31.2 Å². The Morgan fingerprint density at radius 2 is 2.06 bits per heavy atom. The summed E-state index contributed by atoms with van der Waals surface area (Å²) in [4.78, 5) is 12.2. The Balaban J connectivity index is 2.08. The topological polar surface area (TPSA) is 102 Å². The molecule has 1 aromatic carbocycles. The van der Waals surface area contributed by atoms with Crippen LogP contribution in [-0.2, 0) is 0 Å². The second-order valence-electron chi connectivity index (χ2n) is 3.95. The van der Waals surface area contributed by atoms with Gasteiger partial charge in [0.25, 0.3) is 5.91 Å². The summed E-state index contributed by atoms with van der Waals surface area (Å²) in [7, 11) is 0. The van der Waals surface area contributed by atoms with Gasteiger partial charge in [-0.25, -0.2) is 0 Å². The fraction of sp³-hybridized carbons (Fsp3) is 0.0909. The number of aromatic nitrogens is 5. The van der Waals surface area contributed by atoms with Gasteiger partial charge >= 0.3 is 0 Å². The number of anilines is 1. The number of nitrogen functional groups attached to an aromatic ring is 1. The fourth-order valence-corrected chi connectivity index (χ4v) is 1.78.